The summed E-state index contributed by atoms with van der Waals surface area (Å²) in [6.07, 6.45) is 5.36. The highest BCUT2D eigenvalue weighted by Crippen LogP contribution is 2.09. The van der Waals surface area contributed by atoms with E-state index >= 15 is 0 Å². The highest BCUT2D eigenvalue weighted by atomic mass is 28.4. The van der Waals surface area contributed by atoms with Gasteiger partial charge in [0.05, 0.1) is 0 Å². The van der Waals surface area contributed by atoms with E-state index in [9.17, 15) is 0 Å². The average Bonchev–Trinajstić information content (AvgIpc) is 2.29. The molecule has 0 amide bonds. The van der Waals surface area contributed by atoms with Gasteiger partial charge in [-0.15, -0.1) is 0 Å². The van der Waals surface area contributed by atoms with Gasteiger partial charge in [0.15, 0.2) is 0 Å². The van der Waals surface area contributed by atoms with Crippen LogP contribution in [-0.4, -0.2) is 29.2 Å². The van der Waals surface area contributed by atoms with Gasteiger partial charge in [-0.2, -0.15) is 0 Å². The molecule has 0 unspecified atom stereocenters. The van der Waals surface area contributed by atoms with Gasteiger partial charge < -0.3 is 14.9 Å². The molecule has 0 aliphatic rings. The molecule has 0 fully saturated rings. The standard InChI is InChI=1S/C12H31N3Si/c1-6-7-8-9-10-16(13-4,14-5)15-11-12(2)3/h12-15H,6-11H2,1-5H3. The van der Waals surface area contributed by atoms with Gasteiger partial charge in [0.25, 0.3) is 8.56 Å². The van der Waals surface area contributed by atoms with Crippen molar-refractivity contribution in [1.29, 1.82) is 0 Å². The Labute approximate surface area is 103 Å². The molecule has 3 nitrogen and oxygen atoms in total. The van der Waals surface area contributed by atoms with E-state index in [0.717, 1.165) is 6.54 Å². The zero-order chi connectivity index (χ0) is 12.4. The fraction of sp³-hybridized carbons (Fsp3) is 1.00. The van der Waals surface area contributed by atoms with Crippen LogP contribution in [0.3, 0.4) is 0 Å². The third-order valence-corrected chi connectivity index (χ3v) is 6.69. The Bertz CT molecular complexity index is 158. The van der Waals surface area contributed by atoms with Gasteiger partial charge in [-0.25, -0.2) is 0 Å². The maximum absolute atomic E-state index is 3.73. The van der Waals surface area contributed by atoms with Crippen molar-refractivity contribution in [1.82, 2.24) is 14.9 Å². The van der Waals surface area contributed by atoms with E-state index in [1.54, 1.807) is 0 Å². The van der Waals surface area contributed by atoms with Gasteiger partial charge in [-0.1, -0.05) is 46.5 Å². The first-order valence-corrected chi connectivity index (χ1v) is 8.93. The van der Waals surface area contributed by atoms with E-state index in [4.69, 9.17) is 0 Å². The summed E-state index contributed by atoms with van der Waals surface area (Å²) in [5.74, 6) is 0.712. The van der Waals surface area contributed by atoms with E-state index in [0.29, 0.717) is 5.92 Å². The zero-order valence-electron chi connectivity index (χ0n) is 11.8. The predicted octanol–water partition coefficient (Wildman–Crippen LogP) is 2.19. The molecule has 0 spiro atoms. The molecule has 3 N–H and O–H groups in total. The van der Waals surface area contributed by atoms with Crippen molar-refractivity contribution in [3.05, 3.63) is 0 Å². The molecule has 0 saturated heterocycles. The van der Waals surface area contributed by atoms with Crippen molar-refractivity contribution in [3.8, 4) is 0 Å². The first-order chi connectivity index (χ1) is 7.60. The van der Waals surface area contributed by atoms with Gasteiger partial charge in [-0.05, 0) is 32.6 Å². The van der Waals surface area contributed by atoms with Gasteiger partial charge in [0.1, 0.15) is 0 Å². The Kier molecular flexibility index (Phi) is 9.22. The van der Waals surface area contributed by atoms with Gasteiger partial charge in [-0.3, -0.25) is 0 Å². The van der Waals surface area contributed by atoms with E-state index < -0.39 is 8.56 Å². The van der Waals surface area contributed by atoms with Crippen LogP contribution < -0.4 is 14.9 Å². The Morgan fingerprint density at radius 3 is 2.06 bits per heavy atom. The van der Waals surface area contributed by atoms with Crippen molar-refractivity contribution >= 4 is 8.56 Å². The predicted molar refractivity (Wildman–Crippen MR) is 75.7 cm³/mol. The largest absolute Gasteiger partial charge is 0.316 e. The first kappa shape index (κ1) is 16.1. The van der Waals surface area contributed by atoms with Crippen LogP contribution in [0.2, 0.25) is 6.04 Å². The highest BCUT2D eigenvalue weighted by Gasteiger charge is 2.29. The number of rotatable bonds is 10. The lowest BCUT2D eigenvalue weighted by atomic mass is 10.2. The maximum atomic E-state index is 3.73. The zero-order valence-corrected chi connectivity index (χ0v) is 12.8. The molecule has 0 heterocycles. The van der Waals surface area contributed by atoms with Crippen LogP contribution in [-0.2, 0) is 0 Å². The average molecular weight is 245 g/mol. The Morgan fingerprint density at radius 1 is 1.00 bits per heavy atom. The lowest BCUT2D eigenvalue weighted by Crippen LogP contribution is -2.70. The van der Waals surface area contributed by atoms with Crippen molar-refractivity contribution in [2.45, 2.75) is 52.5 Å². The van der Waals surface area contributed by atoms with Crippen LogP contribution in [0, 0.1) is 5.92 Å². The first-order valence-electron chi connectivity index (χ1n) is 6.73. The fourth-order valence-electron chi connectivity index (χ4n) is 1.84. The Hall–Kier alpha value is 0.0969. The summed E-state index contributed by atoms with van der Waals surface area (Å²) in [5, 5.41) is 0. The molecule has 0 aromatic carbocycles. The van der Waals surface area contributed by atoms with E-state index in [1.165, 1.54) is 31.7 Å². The molecule has 0 saturated carbocycles. The SMILES string of the molecule is CCCCCC[Si](NC)(NC)NCC(C)C. The monoisotopic (exact) mass is 245 g/mol. The lowest BCUT2D eigenvalue weighted by molar-refractivity contribution is 0.603. The normalized spacial score (nSPS) is 12.4. The molecule has 0 aliphatic carbocycles. The molecule has 0 aromatic rings. The molecule has 98 valence electrons. The topological polar surface area (TPSA) is 36.1 Å². The number of unbranched alkanes of at least 4 members (excludes halogenated alkanes) is 3. The Balaban J connectivity index is 4.00. The second-order valence-electron chi connectivity index (χ2n) is 4.99. The summed E-state index contributed by atoms with van der Waals surface area (Å²) in [4.78, 5) is 10.8. The molecule has 4 heteroatoms. The van der Waals surface area contributed by atoms with Crippen LogP contribution in [0.15, 0.2) is 0 Å². The van der Waals surface area contributed by atoms with Crippen molar-refractivity contribution in [2.24, 2.45) is 5.92 Å². The van der Waals surface area contributed by atoms with Gasteiger partial charge in [0, 0.05) is 0 Å². The van der Waals surface area contributed by atoms with Crippen LogP contribution in [0.4, 0.5) is 0 Å². The van der Waals surface area contributed by atoms with Crippen LogP contribution in [0.1, 0.15) is 46.5 Å². The minimum atomic E-state index is -1.61. The van der Waals surface area contributed by atoms with Crippen molar-refractivity contribution < 1.29 is 0 Å². The molecule has 0 aromatic heterocycles. The number of hydrogen-bond acceptors (Lipinski definition) is 3. The van der Waals surface area contributed by atoms with Crippen LogP contribution >= 0.6 is 0 Å². The molecule has 16 heavy (non-hydrogen) atoms. The summed E-state index contributed by atoms with van der Waals surface area (Å²) in [5.41, 5.74) is 0. The van der Waals surface area contributed by atoms with Crippen LogP contribution in [0.5, 0.6) is 0 Å². The van der Waals surface area contributed by atoms with E-state index in [-0.39, 0.29) is 0 Å². The summed E-state index contributed by atoms with van der Waals surface area (Å²) in [6.45, 7) is 7.88. The van der Waals surface area contributed by atoms with E-state index in [2.05, 4.69) is 49.8 Å². The molecule has 0 aliphatic heterocycles. The molecule has 0 bridgehead atoms. The van der Waals surface area contributed by atoms with Crippen molar-refractivity contribution in [3.63, 3.8) is 0 Å². The summed E-state index contributed by atoms with van der Waals surface area (Å²) in [6, 6.07) is 1.27. The van der Waals surface area contributed by atoms with E-state index in [1.807, 2.05) is 0 Å². The maximum Gasteiger partial charge on any atom is 0.280 e. The van der Waals surface area contributed by atoms with Crippen molar-refractivity contribution in [2.75, 3.05) is 20.6 Å². The smallest absolute Gasteiger partial charge is 0.280 e. The second kappa shape index (κ2) is 9.16. The highest BCUT2D eigenvalue weighted by molar-refractivity contribution is 6.72. The molecule has 0 radical (unpaired) electrons. The third kappa shape index (κ3) is 6.63. The molecule has 0 rings (SSSR count). The minimum absolute atomic E-state index is 0.712. The molecular formula is C12H31N3Si. The molecular weight excluding hydrogens is 214 g/mol. The number of nitrogens with one attached hydrogen (secondary N) is 3. The molecule has 0 atom stereocenters. The summed E-state index contributed by atoms with van der Waals surface area (Å²) >= 11 is 0. The number of hydrogen-bond donors (Lipinski definition) is 3. The Morgan fingerprint density at radius 2 is 1.62 bits per heavy atom. The van der Waals surface area contributed by atoms with Gasteiger partial charge >= 0.3 is 0 Å². The summed E-state index contributed by atoms with van der Waals surface area (Å²) in [7, 11) is 2.55. The lowest BCUT2D eigenvalue weighted by Gasteiger charge is -2.31. The van der Waals surface area contributed by atoms with Gasteiger partial charge in [0.2, 0.25) is 0 Å². The van der Waals surface area contributed by atoms with Crippen LogP contribution in [0.25, 0.3) is 0 Å². The quantitative estimate of drug-likeness (QED) is 0.408. The fourth-order valence-corrected chi connectivity index (χ4v) is 4.65. The second-order valence-corrected chi connectivity index (χ2v) is 8.65. The minimum Gasteiger partial charge on any atom is -0.316 e. The summed E-state index contributed by atoms with van der Waals surface area (Å²) < 4.78 is 0. The third-order valence-electron chi connectivity index (χ3n) is 3.07.